The third-order valence-electron chi connectivity index (χ3n) is 2.98. The Balaban J connectivity index is 2.35. The lowest BCUT2D eigenvalue weighted by molar-refractivity contribution is 0.0479. The Morgan fingerprint density at radius 3 is 2.93 bits per heavy atom. The number of likely N-dealkylation sites (tertiary alicyclic amines) is 1. The number of nitrogens with zero attached hydrogens (tertiary/aromatic N) is 2. The zero-order chi connectivity index (χ0) is 10.2. The van der Waals surface area contributed by atoms with E-state index in [0.717, 1.165) is 24.1 Å². The second-order valence-corrected chi connectivity index (χ2v) is 4.21. The van der Waals surface area contributed by atoms with Gasteiger partial charge in [0.1, 0.15) is 5.60 Å². The minimum absolute atomic E-state index is 0.687. The maximum Gasteiger partial charge on any atom is 0.105 e. The zero-order valence-electron chi connectivity index (χ0n) is 8.70. The number of hydrogen-bond donors (Lipinski definition) is 1. The summed E-state index contributed by atoms with van der Waals surface area (Å²) < 4.78 is 0. The summed E-state index contributed by atoms with van der Waals surface area (Å²) in [6, 6.07) is 1.95. The molecular weight excluding hydrogens is 176 g/mol. The predicted octanol–water partition coefficient (Wildman–Crippen LogP) is 0.913. The van der Waals surface area contributed by atoms with Crippen molar-refractivity contribution in [2.75, 3.05) is 20.1 Å². The van der Waals surface area contributed by atoms with Crippen molar-refractivity contribution < 1.29 is 5.11 Å². The van der Waals surface area contributed by atoms with E-state index < -0.39 is 5.60 Å². The van der Waals surface area contributed by atoms with Crippen molar-refractivity contribution in [3.8, 4) is 0 Å². The molecule has 0 amide bonds. The molecule has 3 heteroatoms. The van der Waals surface area contributed by atoms with Crippen molar-refractivity contribution in [1.82, 2.24) is 9.88 Å². The van der Waals surface area contributed by atoms with E-state index in [4.69, 9.17) is 0 Å². The van der Waals surface area contributed by atoms with Crippen LogP contribution in [0.5, 0.6) is 0 Å². The van der Waals surface area contributed by atoms with Gasteiger partial charge in [-0.05, 0) is 32.0 Å². The summed E-state index contributed by atoms with van der Waals surface area (Å²) in [4.78, 5) is 6.23. The summed E-state index contributed by atoms with van der Waals surface area (Å²) in [7, 11) is 2.03. The van der Waals surface area contributed by atoms with Gasteiger partial charge in [-0.15, -0.1) is 0 Å². The highest BCUT2D eigenvalue weighted by Crippen LogP contribution is 2.32. The van der Waals surface area contributed by atoms with Gasteiger partial charge in [-0.3, -0.25) is 4.98 Å². The maximum absolute atomic E-state index is 10.4. The van der Waals surface area contributed by atoms with Gasteiger partial charge >= 0.3 is 0 Å². The summed E-state index contributed by atoms with van der Waals surface area (Å²) >= 11 is 0. The van der Waals surface area contributed by atoms with E-state index in [1.165, 1.54) is 0 Å². The summed E-state index contributed by atoms with van der Waals surface area (Å²) in [5.41, 5.74) is 1.41. The second kappa shape index (κ2) is 3.33. The molecule has 1 atom stereocenters. The molecule has 1 aromatic rings. The quantitative estimate of drug-likeness (QED) is 0.718. The van der Waals surface area contributed by atoms with E-state index in [9.17, 15) is 5.11 Å². The molecule has 0 aliphatic carbocycles. The molecule has 0 radical (unpaired) electrons. The highest BCUT2D eigenvalue weighted by atomic mass is 16.3. The van der Waals surface area contributed by atoms with Crippen LogP contribution in [0.25, 0.3) is 0 Å². The fourth-order valence-corrected chi connectivity index (χ4v) is 2.15. The van der Waals surface area contributed by atoms with Gasteiger partial charge in [-0.25, -0.2) is 0 Å². The monoisotopic (exact) mass is 192 g/mol. The minimum atomic E-state index is -0.687. The molecule has 3 nitrogen and oxygen atoms in total. The molecular formula is C11H16N2O. The number of aliphatic hydroxyl groups is 1. The lowest BCUT2D eigenvalue weighted by Gasteiger charge is -2.24. The molecule has 76 valence electrons. The van der Waals surface area contributed by atoms with Gasteiger partial charge in [0.2, 0.25) is 0 Å². The Morgan fingerprint density at radius 1 is 1.57 bits per heavy atom. The van der Waals surface area contributed by atoms with Crippen LogP contribution < -0.4 is 0 Å². The molecule has 0 saturated carbocycles. The molecule has 2 heterocycles. The summed E-state index contributed by atoms with van der Waals surface area (Å²) in [5, 5.41) is 10.4. The zero-order valence-corrected chi connectivity index (χ0v) is 8.70. The topological polar surface area (TPSA) is 36.4 Å². The van der Waals surface area contributed by atoms with Crippen LogP contribution in [0.15, 0.2) is 18.5 Å². The normalized spacial score (nSPS) is 28.2. The van der Waals surface area contributed by atoms with Gasteiger partial charge in [0, 0.05) is 31.0 Å². The first-order valence-electron chi connectivity index (χ1n) is 4.94. The van der Waals surface area contributed by atoms with Gasteiger partial charge in [0.15, 0.2) is 0 Å². The Morgan fingerprint density at radius 2 is 2.36 bits per heavy atom. The largest absolute Gasteiger partial charge is 0.384 e. The summed E-state index contributed by atoms with van der Waals surface area (Å²) in [5.74, 6) is 0. The van der Waals surface area contributed by atoms with E-state index in [1.807, 2.05) is 20.0 Å². The molecule has 1 N–H and O–H groups in total. The standard InChI is InChI=1S/C11H16N2O/c1-9-3-5-12-7-10(9)11(14)4-6-13(2)8-11/h3,5,7,14H,4,6,8H2,1-2H3. The number of pyridine rings is 1. The smallest absolute Gasteiger partial charge is 0.105 e. The third-order valence-corrected chi connectivity index (χ3v) is 2.98. The molecule has 14 heavy (non-hydrogen) atoms. The second-order valence-electron chi connectivity index (χ2n) is 4.21. The Labute approximate surface area is 84.4 Å². The molecule has 1 unspecified atom stereocenters. The Bertz CT molecular complexity index is 340. The maximum atomic E-state index is 10.4. The first-order chi connectivity index (χ1) is 6.62. The fourth-order valence-electron chi connectivity index (χ4n) is 2.15. The average molecular weight is 192 g/mol. The van der Waals surface area contributed by atoms with Crippen LogP contribution >= 0.6 is 0 Å². The van der Waals surface area contributed by atoms with Gasteiger partial charge in [-0.1, -0.05) is 0 Å². The molecule has 2 rings (SSSR count). The molecule has 0 spiro atoms. The minimum Gasteiger partial charge on any atom is -0.384 e. The highest BCUT2D eigenvalue weighted by molar-refractivity contribution is 5.29. The predicted molar refractivity (Wildman–Crippen MR) is 55.0 cm³/mol. The van der Waals surface area contributed by atoms with Crippen molar-refractivity contribution in [2.45, 2.75) is 18.9 Å². The lowest BCUT2D eigenvalue weighted by Crippen LogP contribution is -2.30. The van der Waals surface area contributed by atoms with Crippen LogP contribution in [0.1, 0.15) is 17.5 Å². The number of rotatable bonds is 1. The molecule has 0 aromatic carbocycles. The molecule has 1 fully saturated rings. The first-order valence-corrected chi connectivity index (χ1v) is 4.94. The average Bonchev–Trinajstić information content (AvgIpc) is 2.48. The molecule has 1 saturated heterocycles. The van der Waals surface area contributed by atoms with Crippen LogP contribution in [0, 0.1) is 6.92 Å². The van der Waals surface area contributed by atoms with E-state index in [-0.39, 0.29) is 0 Å². The van der Waals surface area contributed by atoms with E-state index in [1.54, 1.807) is 12.4 Å². The van der Waals surface area contributed by atoms with Crippen molar-refractivity contribution in [2.24, 2.45) is 0 Å². The number of aromatic nitrogens is 1. The number of aryl methyl sites for hydroxylation is 1. The van der Waals surface area contributed by atoms with Crippen LogP contribution in [0.3, 0.4) is 0 Å². The number of likely N-dealkylation sites (N-methyl/N-ethyl adjacent to an activating group) is 1. The van der Waals surface area contributed by atoms with Gasteiger partial charge in [0.25, 0.3) is 0 Å². The van der Waals surface area contributed by atoms with E-state index in [0.29, 0.717) is 6.54 Å². The number of hydrogen-bond acceptors (Lipinski definition) is 3. The van der Waals surface area contributed by atoms with E-state index >= 15 is 0 Å². The third kappa shape index (κ3) is 1.53. The van der Waals surface area contributed by atoms with Gasteiger partial charge < -0.3 is 10.0 Å². The first kappa shape index (κ1) is 9.62. The molecule has 1 aliphatic rings. The molecule has 1 aromatic heterocycles. The summed E-state index contributed by atoms with van der Waals surface area (Å²) in [6.07, 6.45) is 4.35. The van der Waals surface area contributed by atoms with Crippen LogP contribution in [0.4, 0.5) is 0 Å². The molecule has 1 aliphatic heterocycles. The van der Waals surface area contributed by atoms with Crippen molar-refractivity contribution in [1.29, 1.82) is 0 Å². The lowest BCUT2D eigenvalue weighted by atomic mass is 9.91. The van der Waals surface area contributed by atoms with Gasteiger partial charge in [-0.2, -0.15) is 0 Å². The van der Waals surface area contributed by atoms with Crippen molar-refractivity contribution >= 4 is 0 Å². The summed E-state index contributed by atoms with van der Waals surface area (Å²) in [6.45, 7) is 3.68. The van der Waals surface area contributed by atoms with Crippen LogP contribution in [0.2, 0.25) is 0 Å². The van der Waals surface area contributed by atoms with Crippen LogP contribution in [-0.2, 0) is 5.60 Å². The van der Waals surface area contributed by atoms with Crippen LogP contribution in [-0.4, -0.2) is 35.1 Å². The van der Waals surface area contributed by atoms with Gasteiger partial charge in [0.05, 0.1) is 0 Å². The Kier molecular flexibility index (Phi) is 2.29. The van der Waals surface area contributed by atoms with Crippen molar-refractivity contribution in [3.63, 3.8) is 0 Å². The SMILES string of the molecule is Cc1ccncc1C1(O)CCN(C)C1. The molecule has 0 bridgehead atoms. The Hall–Kier alpha value is -0.930. The number of β-amino-alcohol motifs (C(OH)–C–C–N with tert-alkyl or cyclic N) is 1. The fraction of sp³-hybridized carbons (Fsp3) is 0.545. The highest BCUT2D eigenvalue weighted by Gasteiger charge is 2.37. The van der Waals surface area contributed by atoms with E-state index in [2.05, 4.69) is 9.88 Å². The van der Waals surface area contributed by atoms with Crippen molar-refractivity contribution in [3.05, 3.63) is 29.6 Å².